The van der Waals surface area contributed by atoms with Gasteiger partial charge in [0.15, 0.2) is 0 Å². The van der Waals surface area contributed by atoms with Gasteiger partial charge in [-0.1, -0.05) is 24.5 Å². The Bertz CT molecular complexity index is 642. The van der Waals surface area contributed by atoms with Gasteiger partial charge >= 0.3 is 5.97 Å². The molecule has 0 aliphatic heterocycles. The predicted molar refractivity (Wildman–Crippen MR) is 74.6 cm³/mol. The molecule has 1 aromatic heterocycles. The molecule has 1 aromatic carbocycles. The zero-order chi connectivity index (χ0) is 13.4. The second-order valence-electron chi connectivity index (χ2n) is 5.40. The monoisotopic (exact) mass is 255 g/mol. The van der Waals surface area contributed by atoms with Crippen LogP contribution < -0.4 is 0 Å². The molecule has 0 radical (unpaired) electrons. The molecule has 0 unspecified atom stereocenters. The maximum absolute atomic E-state index is 11.5. The minimum absolute atomic E-state index is 0.385. The van der Waals surface area contributed by atoms with E-state index in [0.29, 0.717) is 11.5 Å². The van der Waals surface area contributed by atoms with E-state index in [1.54, 1.807) is 6.07 Å². The van der Waals surface area contributed by atoms with Crippen LogP contribution in [0.25, 0.3) is 10.9 Å². The average molecular weight is 255 g/mol. The van der Waals surface area contributed by atoms with Crippen molar-refractivity contribution in [3.05, 3.63) is 41.1 Å². The molecule has 0 atom stereocenters. The lowest BCUT2D eigenvalue weighted by Gasteiger charge is -2.12. The fourth-order valence-electron chi connectivity index (χ4n) is 2.97. The molecule has 3 heteroatoms. The van der Waals surface area contributed by atoms with Crippen molar-refractivity contribution in [2.24, 2.45) is 0 Å². The highest BCUT2D eigenvalue weighted by atomic mass is 16.4. The molecule has 1 heterocycles. The summed E-state index contributed by atoms with van der Waals surface area (Å²) in [6, 6.07) is 7.60. The summed E-state index contributed by atoms with van der Waals surface area (Å²) in [6.45, 7) is 1.97. The molecule has 1 aliphatic carbocycles. The molecule has 1 aliphatic rings. The fraction of sp³-hybridized carbons (Fsp3) is 0.375. The molecule has 0 amide bonds. The van der Waals surface area contributed by atoms with Gasteiger partial charge in [-0.3, -0.25) is 4.98 Å². The summed E-state index contributed by atoms with van der Waals surface area (Å²) in [5.41, 5.74) is 3.19. The van der Waals surface area contributed by atoms with E-state index >= 15 is 0 Å². The van der Waals surface area contributed by atoms with Crippen molar-refractivity contribution in [1.82, 2.24) is 4.98 Å². The summed E-state index contributed by atoms with van der Waals surface area (Å²) >= 11 is 0. The lowest BCUT2D eigenvalue weighted by atomic mass is 9.98. The number of aryl methyl sites for hydroxylation is 1. The van der Waals surface area contributed by atoms with Crippen LogP contribution in [-0.4, -0.2) is 16.1 Å². The Labute approximate surface area is 112 Å². The molecule has 98 valence electrons. The Morgan fingerprint density at radius 2 is 2.00 bits per heavy atom. The Morgan fingerprint density at radius 1 is 1.26 bits per heavy atom. The van der Waals surface area contributed by atoms with Crippen LogP contribution in [0.1, 0.15) is 53.2 Å². The maximum Gasteiger partial charge on any atom is 0.336 e. The lowest BCUT2D eigenvalue weighted by Crippen LogP contribution is -2.04. The first-order valence-corrected chi connectivity index (χ1v) is 6.80. The summed E-state index contributed by atoms with van der Waals surface area (Å²) in [5.74, 6) is -0.430. The van der Waals surface area contributed by atoms with Crippen molar-refractivity contribution in [3.8, 4) is 0 Å². The molecule has 0 spiro atoms. The molecular weight excluding hydrogens is 238 g/mol. The van der Waals surface area contributed by atoms with Gasteiger partial charge in [-0.15, -0.1) is 0 Å². The van der Waals surface area contributed by atoms with Crippen LogP contribution in [0, 0.1) is 6.92 Å². The number of carboxylic acid groups (broad SMARTS) is 1. The Morgan fingerprint density at radius 3 is 2.68 bits per heavy atom. The highest BCUT2D eigenvalue weighted by Crippen LogP contribution is 2.34. The van der Waals surface area contributed by atoms with E-state index in [1.165, 1.54) is 12.8 Å². The molecule has 1 saturated carbocycles. The van der Waals surface area contributed by atoms with Crippen LogP contribution in [-0.2, 0) is 0 Å². The molecule has 0 saturated heterocycles. The van der Waals surface area contributed by atoms with Crippen LogP contribution >= 0.6 is 0 Å². The smallest absolute Gasteiger partial charge is 0.336 e. The Hall–Kier alpha value is -1.90. The number of benzene rings is 1. The number of fused-ring (bicyclic) bond motifs is 1. The van der Waals surface area contributed by atoms with Crippen molar-refractivity contribution < 1.29 is 9.90 Å². The number of nitrogens with zero attached hydrogens (tertiary/aromatic N) is 1. The van der Waals surface area contributed by atoms with Gasteiger partial charge < -0.3 is 5.11 Å². The summed E-state index contributed by atoms with van der Waals surface area (Å²) in [4.78, 5) is 16.1. The van der Waals surface area contributed by atoms with Gasteiger partial charge in [-0.25, -0.2) is 4.79 Å². The topological polar surface area (TPSA) is 50.2 Å². The van der Waals surface area contributed by atoms with E-state index in [2.05, 4.69) is 4.98 Å². The number of hydrogen-bond acceptors (Lipinski definition) is 2. The third-order valence-electron chi connectivity index (χ3n) is 3.99. The van der Waals surface area contributed by atoms with Crippen LogP contribution in [0.5, 0.6) is 0 Å². The Balaban J connectivity index is 2.21. The van der Waals surface area contributed by atoms with Gasteiger partial charge in [0.25, 0.3) is 0 Å². The first kappa shape index (κ1) is 12.2. The third kappa shape index (κ3) is 2.21. The number of pyridine rings is 1. The third-order valence-corrected chi connectivity index (χ3v) is 3.99. The first-order chi connectivity index (χ1) is 9.15. The van der Waals surface area contributed by atoms with Crippen molar-refractivity contribution in [3.63, 3.8) is 0 Å². The zero-order valence-corrected chi connectivity index (χ0v) is 11.0. The number of aromatic nitrogens is 1. The van der Waals surface area contributed by atoms with Gasteiger partial charge in [0.2, 0.25) is 0 Å². The van der Waals surface area contributed by atoms with Crippen molar-refractivity contribution in [1.29, 1.82) is 0 Å². The minimum atomic E-state index is -0.864. The zero-order valence-electron chi connectivity index (χ0n) is 11.0. The van der Waals surface area contributed by atoms with Crippen molar-refractivity contribution in [2.75, 3.05) is 0 Å². The number of rotatable bonds is 2. The normalized spacial score (nSPS) is 16.1. The van der Waals surface area contributed by atoms with E-state index in [-0.39, 0.29) is 0 Å². The molecule has 0 bridgehead atoms. The van der Waals surface area contributed by atoms with E-state index in [4.69, 9.17) is 0 Å². The van der Waals surface area contributed by atoms with Crippen molar-refractivity contribution >= 4 is 16.9 Å². The van der Waals surface area contributed by atoms with Crippen LogP contribution in [0.4, 0.5) is 0 Å². The molecule has 19 heavy (non-hydrogen) atoms. The van der Waals surface area contributed by atoms with E-state index in [9.17, 15) is 9.90 Å². The number of carbonyl (C=O) groups is 1. The van der Waals surface area contributed by atoms with E-state index in [0.717, 1.165) is 35.0 Å². The Kier molecular flexibility index (Phi) is 2.97. The molecule has 1 fully saturated rings. The number of carboxylic acids is 1. The molecule has 2 aromatic rings. The predicted octanol–water partition coefficient (Wildman–Crippen LogP) is 3.90. The van der Waals surface area contributed by atoms with Crippen LogP contribution in [0.3, 0.4) is 0 Å². The van der Waals surface area contributed by atoms with Gasteiger partial charge in [0, 0.05) is 17.0 Å². The maximum atomic E-state index is 11.5. The quantitative estimate of drug-likeness (QED) is 0.885. The lowest BCUT2D eigenvalue weighted by molar-refractivity contribution is 0.0699. The summed E-state index contributed by atoms with van der Waals surface area (Å²) in [6.07, 6.45) is 4.70. The molecular formula is C16H17NO2. The van der Waals surface area contributed by atoms with E-state index in [1.807, 2.05) is 25.1 Å². The molecule has 3 nitrogen and oxygen atoms in total. The van der Waals surface area contributed by atoms with Gasteiger partial charge in [0.1, 0.15) is 0 Å². The van der Waals surface area contributed by atoms with Gasteiger partial charge in [-0.2, -0.15) is 0 Å². The largest absolute Gasteiger partial charge is 0.478 e. The van der Waals surface area contributed by atoms with Gasteiger partial charge in [-0.05, 0) is 38.0 Å². The van der Waals surface area contributed by atoms with Crippen LogP contribution in [0.15, 0.2) is 24.3 Å². The summed E-state index contributed by atoms with van der Waals surface area (Å²) in [5, 5.41) is 10.2. The second kappa shape index (κ2) is 4.65. The first-order valence-electron chi connectivity index (χ1n) is 6.80. The fourth-order valence-corrected chi connectivity index (χ4v) is 2.97. The summed E-state index contributed by atoms with van der Waals surface area (Å²) in [7, 11) is 0. The van der Waals surface area contributed by atoms with Crippen LogP contribution in [0.2, 0.25) is 0 Å². The highest BCUT2D eigenvalue weighted by molar-refractivity contribution is 6.02. The molecule has 1 N–H and O–H groups in total. The SMILES string of the molecule is Cc1ccc2nc(C3CCCC3)cc(C(=O)O)c2c1. The summed E-state index contributed by atoms with van der Waals surface area (Å²) < 4.78 is 0. The second-order valence-corrected chi connectivity index (χ2v) is 5.40. The average Bonchev–Trinajstić information content (AvgIpc) is 2.91. The number of aromatic carboxylic acids is 1. The minimum Gasteiger partial charge on any atom is -0.478 e. The van der Waals surface area contributed by atoms with Gasteiger partial charge in [0.05, 0.1) is 11.1 Å². The van der Waals surface area contributed by atoms with E-state index < -0.39 is 5.97 Å². The number of hydrogen-bond donors (Lipinski definition) is 1. The standard InChI is InChI=1S/C16H17NO2/c1-10-6-7-14-12(8-10)13(16(18)19)9-15(17-14)11-4-2-3-5-11/h6-9,11H,2-5H2,1H3,(H,18,19). The molecule has 3 rings (SSSR count). The highest BCUT2D eigenvalue weighted by Gasteiger charge is 2.21. The van der Waals surface area contributed by atoms with Crippen molar-refractivity contribution in [2.45, 2.75) is 38.5 Å².